The summed E-state index contributed by atoms with van der Waals surface area (Å²) in [6, 6.07) is 16.9. The topological polar surface area (TPSA) is 59.8 Å². The van der Waals surface area contributed by atoms with Crippen LogP contribution in [0, 0.1) is 5.41 Å². The van der Waals surface area contributed by atoms with Crippen LogP contribution in [0.5, 0.6) is 0 Å². The molecule has 1 N–H and O–H groups in total. The van der Waals surface area contributed by atoms with Crippen molar-refractivity contribution in [3.63, 3.8) is 0 Å². The summed E-state index contributed by atoms with van der Waals surface area (Å²) in [5, 5.41) is 11.5. The van der Waals surface area contributed by atoms with E-state index < -0.39 is 0 Å². The van der Waals surface area contributed by atoms with Crippen molar-refractivity contribution in [3.8, 4) is 0 Å². The number of hydrogen-bond acceptors (Lipinski definition) is 3. The monoisotopic (exact) mass is 308 g/mol. The largest absolute Gasteiger partial charge is 0.330 e. The van der Waals surface area contributed by atoms with Gasteiger partial charge in [-0.05, 0) is 24.3 Å². The van der Waals surface area contributed by atoms with Crippen LogP contribution in [-0.2, 0) is 0 Å². The molecule has 3 aromatic rings. The maximum absolute atomic E-state index is 12.6. The lowest BCUT2D eigenvalue weighted by molar-refractivity contribution is 0.0843. The predicted octanol–water partition coefficient (Wildman–Crippen LogP) is 3.41. The molecule has 0 aliphatic carbocycles. The molecule has 1 atom stereocenters. The summed E-state index contributed by atoms with van der Waals surface area (Å²) in [4.78, 5) is 12.6. The van der Waals surface area contributed by atoms with E-state index in [0.29, 0.717) is 5.56 Å². The molecule has 1 unspecified atom stereocenters. The lowest BCUT2D eigenvalue weighted by Crippen LogP contribution is -2.41. The van der Waals surface area contributed by atoms with E-state index in [1.807, 2.05) is 42.5 Å². The van der Waals surface area contributed by atoms with Crippen molar-refractivity contribution in [2.24, 2.45) is 5.41 Å². The second-order valence-corrected chi connectivity index (χ2v) is 6.63. The van der Waals surface area contributed by atoms with E-state index in [2.05, 4.69) is 36.4 Å². The molecule has 0 saturated carbocycles. The van der Waals surface area contributed by atoms with Gasteiger partial charge in [-0.3, -0.25) is 4.79 Å². The first-order chi connectivity index (χ1) is 11.0. The fraction of sp³-hybridized carbons (Fsp3) is 0.278. The molecule has 1 heterocycles. The third-order valence-electron chi connectivity index (χ3n) is 3.75. The van der Waals surface area contributed by atoms with Crippen LogP contribution in [0.1, 0.15) is 37.3 Å². The Morgan fingerprint density at radius 3 is 2.39 bits per heavy atom. The van der Waals surface area contributed by atoms with Gasteiger partial charge in [-0.15, -0.1) is 5.10 Å². The molecule has 0 saturated heterocycles. The summed E-state index contributed by atoms with van der Waals surface area (Å²) in [5.74, 6) is -0.120. The molecule has 2 aromatic carbocycles. The van der Waals surface area contributed by atoms with Crippen LogP contribution in [0.15, 0.2) is 54.6 Å². The van der Waals surface area contributed by atoms with Gasteiger partial charge in [0.05, 0.1) is 5.52 Å². The molecule has 0 spiro atoms. The van der Waals surface area contributed by atoms with E-state index >= 15 is 0 Å². The Bertz CT molecular complexity index is 818. The van der Waals surface area contributed by atoms with Crippen molar-refractivity contribution in [3.05, 3.63) is 60.2 Å². The van der Waals surface area contributed by atoms with Crippen LogP contribution in [0.25, 0.3) is 11.0 Å². The van der Waals surface area contributed by atoms with Gasteiger partial charge >= 0.3 is 0 Å². The zero-order valence-corrected chi connectivity index (χ0v) is 13.5. The summed E-state index contributed by atoms with van der Waals surface area (Å²) in [6.45, 7) is 6.21. The smallest absolute Gasteiger partial charge is 0.252 e. The van der Waals surface area contributed by atoms with Crippen LogP contribution in [0.3, 0.4) is 0 Å². The van der Waals surface area contributed by atoms with E-state index in [4.69, 9.17) is 0 Å². The van der Waals surface area contributed by atoms with Gasteiger partial charge in [0, 0.05) is 11.0 Å². The standard InChI is InChI=1S/C18H20N4O/c1-18(2,3)17(19-16(23)13-9-5-4-6-10-13)22-15-12-8-7-11-14(15)20-21-22/h4-12,17H,1-3H3,(H,19,23). The molecule has 3 rings (SSSR count). The van der Waals surface area contributed by atoms with E-state index in [1.165, 1.54) is 0 Å². The molecule has 0 aliphatic rings. The second-order valence-electron chi connectivity index (χ2n) is 6.63. The number of fused-ring (bicyclic) bond motifs is 1. The van der Waals surface area contributed by atoms with Crippen LogP contribution in [-0.4, -0.2) is 20.9 Å². The van der Waals surface area contributed by atoms with Crippen LogP contribution in [0.4, 0.5) is 0 Å². The van der Waals surface area contributed by atoms with Gasteiger partial charge in [0.1, 0.15) is 11.7 Å². The number of nitrogens with one attached hydrogen (secondary N) is 1. The van der Waals surface area contributed by atoms with E-state index in [9.17, 15) is 4.79 Å². The molecule has 0 fully saturated rings. The first-order valence-electron chi connectivity index (χ1n) is 7.62. The molecular formula is C18H20N4O. The Labute approximate surface area is 135 Å². The van der Waals surface area contributed by atoms with Crippen molar-refractivity contribution in [1.82, 2.24) is 20.3 Å². The first-order valence-corrected chi connectivity index (χ1v) is 7.62. The summed E-state index contributed by atoms with van der Waals surface area (Å²) in [7, 11) is 0. The molecule has 118 valence electrons. The highest BCUT2D eigenvalue weighted by molar-refractivity contribution is 5.94. The van der Waals surface area contributed by atoms with Crippen molar-refractivity contribution in [1.29, 1.82) is 0 Å². The number of carbonyl (C=O) groups excluding carboxylic acids is 1. The van der Waals surface area contributed by atoms with Gasteiger partial charge in [0.2, 0.25) is 0 Å². The number of nitrogens with zero attached hydrogens (tertiary/aromatic N) is 3. The van der Waals surface area contributed by atoms with Crippen molar-refractivity contribution < 1.29 is 4.79 Å². The highest BCUT2D eigenvalue weighted by Gasteiger charge is 2.30. The van der Waals surface area contributed by atoms with Crippen LogP contribution in [0.2, 0.25) is 0 Å². The molecule has 1 aromatic heterocycles. The van der Waals surface area contributed by atoms with Crippen LogP contribution >= 0.6 is 0 Å². The highest BCUT2D eigenvalue weighted by Crippen LogP contribution is 2.30. The molecule has 5 nitrogen and oxygen atoms in total. The predicted molar refractivity (Wildman–Crippen MR) is 89.9 cm³/mol. The molecular weight excluding hydrogens is 288 g/mol. The minimum Gasteiger partial charge on any atom is -0.330 e. The number of carbonyl (C=O) groups is 1. The average Bonchev–Trinajstić information content (AvgIpc) is 2.96. The normalized spacial score (nSPS) is 13.0. The maximum Gasteiger partial charge on any atom is 0.252 e. The molecule has 0 aliphatic heterocycles. The Kier molecular flexibility index (Phi) is 3.86. The fourth-order valence-corrected chi connectivity index (χ4v) is 2.52. The Hall–Kier alpha value is -2.69. The zero-order valence-electron chi connectivity index (χ0n) is 13.5. The molecule has 5 heteroatoms. The quantitative estimate of drug-likeness (QED) is 0.806. The van der Waals surface area contributed by atoms with Gasteiger partial charge in [0.25, 0.3) is 5.91 Å². The number of hydrogen-bond donors (Lipinski definition) is 1. The third-order valence-corrected chi connectivity index (χ3v) is 3.75. The van der Waals surface area contributed by atoms with Gasteiger partial charge in [-0.2, -0.15) is 0 Å². The van der Waals surface area contributed by atoms with E-state index in [-0.39, 0.29) is 17.5 Å². The summed E-state index contributed by atoms with van der Waals surface area (Å²) < 4.78 is 1.79. The Morgan fingerprint density at radius 1 is 1.04 bits per heavy atom. The summed E-state index contributed by atoms with van der Waals surface area (Å²) in [5.41, 5.74) is 2.13. The third kappa shape index (κ3) is 3.08. The molecule has 0 radical (unpaired) electrons. The fourth-order valence-electron chi connectivity index (χ4n) is 2.52. The van der Waals surface area contributed by atoms with Gasteiger partial charge in [-0.25, -0.2) is 4.68 Å². The molecule has 1 amide bonds. The number of aromatic nitrogens is 3. The van der Waals surface area contributed by atoms with Crippen molar-refractivity contribution >= 4 is 16.9 Å². The average molecular weight is 308 g/mol. The first kappa shape index (κ1) is 15.2. The van der Waals surface area contributed by atoms with Crippen molar-refractivity contribution in [2.75, 3.05) is 0 Å². The van der Waals surface area contributed by atoms with E-state index in [1.54, 1.807) is 16.8 Å². The lowest BCUT2D eigenvalue weighted by Gasteiger charge is -2.31. The minimum atomic E-state index is -0.303. The minimum absolute atomic E-state index is 0.120. The summed E-state index contributed by atoms with van der Waals surface area (Å²) >= 11 is 0. The highest BCUT2D eigenvalue weighted by atomic mass is 16.1. The SMILES string of the molecule is CC(C)(C)C(NC(=O)c1ccccc1)n1nnc2ccccc21. The number of benzene rings is 2. The second kappa shape index (κ2) is 5.83. The van der Waals surface area contributed by atoms with Gasteiger partial charge < -0.3 is 5.32 Å². The number of rotatable bonds is 3. The van der Waals surface area contributed by atoms with Gasteiger partial charge in [-0.1, -0.05) is 56.3 Å². The summed E-state index contributed by atoms with van der Waals surface area (Å²) in [6.07, 6.45) is -0.303. The Morgan fingerprint density at radius 2 is 1.70 bits per heavy atom. The molecule has 23 heavy (non-hydrogen) atoms. The number of amides is 1. The molecule has 0 bridgehead atoms. The Balaban J connectivity index is 1.98. The van der Waals surface area contributed by atoms with Gasteiger partial charge in [0.15, 0.2) is 0 Å². The van der Waals surface area contributed by atoms with Crippen LogP contribution < -0.4 is 5.32 Å². The number of para-hydroxylation sites is 1. The lowest BCUT2D eigenvalue weighted by atomic mass is 9.92. The van der Waals surface area contributed by atoms with E-state index in [0.717, 1.165) is 11.0 Å². The van der Waals surface area contributed by atoms with Crippen molar-refractivity contribution in [2.45, 2.75) is 26.9 Å². The maximum atomic E-state index is 12.6. The zero-order chi connectivity index (χ0) is 16.4.